The van der Waals surface area contributed by atoms with E-state index in [1.807, 2.05) is 0 Å². The summed E-state index contributed by atoms with van der Waals surface area (Å²) >= 11 is 0. The summed E-state index contributed by atoms with van der Waals surface area (Å²) in [4.78, 5) is 23.2. The molecule has 0 spiro atoms. The second kappa shape index (κ2) is 9.68. The first-order valence-electron chi connectivity index (χ1n) is 8.99. The van der Waals surface area contributed by atoms with Gasteiger partial charge in [-0.1, -0.05) is 31.0 Å². The third-order valence-electron chi connectivity index (χ3n) is 4.47. The Labute approximate surface area is 154 Å². The molecule has 2 N–H and O–H groups in total. The number of sulfonamides is 1. The molecule has 0 saturated carbocycles. The molecular formula is C18H26N2O5S. The Balaban J connectivity index is 1.93. The SMILES string of the molecule is O=C(O)CCCCCNC(=O)C1CCCCN1S(=O)(=O)c1ccccc1. The van der Waals surface area contributed by atoms with Crippen LogP contribution >= 0.6 is 0 Å². The number of piperidine rings is 1. The number of aliphatic carboxylic acids is 1. The van der Waals surface area contributed by atoms with Gasteiger partial charge >= 0.3 is 5.97 Å². The van der Waals surface area contributed by atoms with Crippen LogP contribution in [0.3, 0.4) is 0 Å². The molecule has 1 aliphatic rings. The Kier molecular flexibility index (Phi) is 7.59. The number of carbonyl (C=O) groups excluding carboxylic acids is 1. The van der Waals surface area contributed by atoms with Crippen LogP contribution in [0.25, 0.3) is 0 Å². The van der Waals surface area contributed by atoms with E-state index in [0.29, 0.717) is 38.8 Å². The molecular weight excluding hydrogens is 356 g/mol. The lowest BCUT2D eigenvalue weighted by atomic mass is 10.0. The molecule has 1 fully saturated rings. The van der Waals surface area contributed by atoms with Crippen molar-refractivity contribution in [3.05, 3.63) is 30.3 Å². The van der Waals surface area contributed by atoms with Crippen molar-refractivity contribution in [2.45, 2.75) is 55.9 Å². The molecule has 0 aromatic heterocycles. The van der Waals surface area contributed by atoms with Crippen molar-refractivity contribution in [3.63, 3.8) is 0 Å². The Bertz CT molecular complexity index is 706. The van der Waals surface area contributed by atoms with Crippen molar-refractivity contribution in [1.82, 2.24) is 9.62 Å². The molecule has 1 aliphatic heterocycles. The number of hydrogen-bond donors (Lipinski definition) is 2. The van der Waals surface area contributed by atoms with E-state index in [1.54, 1.807) is 30.3 Å². The van der Waals surface area contributed by atoms with Crippen LogP contribution < -0.4 is 5.32 Å². The van der Waals surface area contributed by atoms with Crippen molar-refractivity contribution in [3.8, 4) is 0 Å². The summed E-state index contributed by atoms with van der Waals surface area (Å²) in [5.41, 5.74) is 0. The summed E-state index contributed by atoms with van der Waals surface area (Å²) in [5.74, 6) is -1.10. The average Bonchev–Trinajstić information content (AvgIpc) is 2.65. The highest BCUT2D eigenvalue weighted by Crippen LogP contribution is 2.25. The molecule has 0 bridgehead atoms. The Hall–Kier alpha value is -1.93. The summed E-state index contributed by atoms with van der Waals surface area (Å²) in [6.07, 6.45) is 4.16. The Morgan fingerprint density at radius 3 is 2.54 bits per heavy atom. The number of carboxylic acids is 1. The first kappa shape index (κ1) is 20.4. The van der Waals surface area contributed by atoms with Gasteiger partial charge in [-0.3, -0.25) is 9.59 Å². The van der Waals surface area contributed by atoms with Crippen molar-refractivity contribution >= 4 is 21.9 Å². The van der Waals surface area contributed by atoms with Gasteiger partial charge in [0.1, 0.15) is 6.04 Å². The van der Waals surface area contributed by atoms with E-state index in [0.717, 1.165) is 12.8 Å². The van der Waals surface area contributed by atoms with Gasteiger partial charge in [0.15, 0.2) is 0 Å². The topological polar surface area (TPSA) is 104 Å². The van der Waals surface area contributed by atoms with Gasteiger partial charge in [-0.05, 0) is 37.8 Å². The highest BCUT2D eigenvalue weighted by Gasteiger charge is 2.37. The number of nitrogens with zero attached hydrogens (tertiary/aromatic N) is 1. The summed E-state index contributed by atoms with van der Waals surface area (Å²) < 4.78 is 27.1. The monoisotopic (exact) mass is 382 g/mol. The molecule has 1 aromatic rings. The lowest BCUT2D eigenvalue weighted by molar-refractivity contribution is -0.137. The molecule has 1 amide bonds. The molecule has 1 unspecified atom stereocenters. The van der Waals surface area contributed by atoms with Crippen LogP contribution in [-0.4, -0.2) is 48.8 Å². The van der Waals surface area contributed by atoms with Gasteiger partial charge in [0.25, 0.3) is 0 Å². The van der Waals surface area contributed by atoms with Gasteiger partial charge in [0.2, 0.25) is 15.9 Å². The lowest BCUT2D eigenvalue weighted by Crippen LogP contribution is -2.51. The van der Waals surface area contributed by atoms with Gasteiger partial charge < -0.3 is 10.4 Å². The molecule has 8 heteroatoms. The van der Waals surface area contributed by atoms with E-state index < -0.39 is 22.0 Å². The zero-order valence-corrected chi connectivity index (χ0v) is 15.6. The fourth-order valence-electron chi connectivity index (χ4n) is 3.09. The van der Waals surface area contributed by atoms with Crippen LogP contribution in [0, 0.1) is 0 Å². The predicted octanol–water partition coefficient (Wildman–Crippen LogP) is 1.99. The molecule has 2 rings (SSSR count). The Morgan fingerprint density at radius 2 is 1.85 bits per heavy atom. The van der Waals surface area contributed by atoms with Crippen molar-refractivity contribution < 1.29 is 23.1 Å². The number of amides is 1. The Morgan fingerprint density at radius 1 is 1.12 bits per heavy atom. The summed E-state index contributed by atoms with van der Waals surface area (Å²) in [7, 11) is -3.70. The molecule has 0 aliphatic carbocycles. The van der Waals surface area contributed by atoms with Crippen LogP contribution in [0.2, 0.25) is 0 Å². The lowest BCUT2D eigenvalue weighted by Gasteiger charge is -2.33. The van der Waals surface area contributed by atoms with Crippen LogP contribution in [0.4, 0.5) is 0 Å². The highest BCUT2D eigenvalue weighted by atomic mass is 32.2. The van der Waals surface area contributed by atoms with E-state index in [4.69, 9.17) is 5.11 Å². The normalized spacial score (nSPS) is 18.4. The van der Waals surface area contributed by atoms with E-state index in [9.17, 15) is 18.0 Å². The van der Waals surface area contributed by atoms with Crippen molar-refractivity contribution in [1.29, 1.82) is 0 Å². The van der Waals surface area contributed by atoms with Crippen LogP contribution in [0.15, 0.2) is 35.2 Å². The first-order chi connectivity index (χ1) is 12.4. The molecule has 1 aromatic carbocycles. The van der Waals surface area contributed by atoms with Crippen molar-refractivity contribution in [2.24, 2.45) is 0 Å². The van der Waals surface area contributed by atoms with Crippen LogP contribution in [0.5, 0.6) is 0 Å². The van der Waals surface area contributed by atoms with Gasteiger partial charge in [0.05, 0.1) is 4.90 Å². The third-order valence-corrected chi connectivity index (χ3v) is 6.40. The smallest absolute Gasteiger partial charge is 0.303 e. The van der Waals surface area contributed by atoms with E-state index >= 15 is 0 Å². The molecule has 1 heterocycles. The van der Waals surface area contributed by atoms with E-state index in [2.05, 4.69) is 5.32 Å². The van der Waals surface area contributed by atoms with E-state index in [-0.39, 0.29) is 17.2 Å². The van der Waals surface area contributed by atoms with Gasteiger partial charge in [0, 0.05) is 19.5 Å². The average molecular weight is 382 g/mol. The minimum Gasteiger partial charge on any atom is -0.481 e. The fraction of sp³-hybridized carbons (Fsp3) is 0.556. The number of nitrogens with one attached hydrogen (secondary N) is 1. The summed E-state index contributed by atoms with van der Waals surface area (Å²) in [6, 6.07) is 7.49. The quantitative estimate of drug-likeness (QED) is 0.636. The molecule has 7 nitrogen and oxygen atoms in total. The summed E-state index contributed by atoms with van der Waals surface area (Å²) in [6.45, 7) is 0.766. The standard InChI is InChI=1S/C18H26N2O5S/c21-17(22)12-5-2-7-13-19-18(23)16-11-6-8-14-20(16)26(24,25)15-9-3-1-4-10-15/h1,3-4,9-10,16H,2,5-8,11-14H2,(H,19,23)(H,21,22). The highest BCUT2D eigenvalue weighted by molar-refractivity contribution is 7.89. The number of hydrogen-bond acceptors (Lipinski definition) is 4. The zero-order chi connectivity index (χ0) is 19.0. The molecule has 1 atom stereocenters. The van der Waals surface area contributed by atoms with Crippen LogP contribution in [0.1, 0.15) is 44.9 Å². The number of carbonyl (C=O) groups is 2. The minimum absolute atomic E-state index is 0.125. The predicted molar refractivity (Wildman–Crippen MR) is 97.1 cm³/mol. The number of benzene rings is 1. The second-order valence-electron chi connectivity index (χ2n) is 6.44. The minimum atomic E-state index is -3.70. The molecule has 1 saturated heterocycles. The first-order valence-corrected chi connectivity index (χ1v) is 10.4. The summed E-state index contributed by atoms with van der Waals surface area (Å²) in [5, 5.41) is 11.4. The number of unbranched alkanes of at least 4 members (excludes halogenated alkanes) is 2. The maximum atomic E-state index is 12.9. The van der Waals surface area contributed by atoms with E-state index in [1.165, 1.54) is 4.31 Å². The third kappa shape index (κ3) is 5.54. The largest absolute Gasteiger partial charge is 0.481 e. The van der Waals surface area contributed by atoms with Gasteiger partial charge in [-0.15, -0.1) is 0 Å². The number of carboxylic acid groups (broad SMARTS) is 1. The zero-order valence-electron chi connectivity index (χ0n) is 14.8. The second-order valence-corrected chi connectivity index (χ2v) is 8.33. The van der Waals surface area contributed by atoms with Crippen LogP contribution in [-0.2, 0) is 19.6 Å². The fourth-order valence-corrected chi connectivity index (χ4v) is 4.77. The number of rotatable bonds is 9. The van der Waals surface area contributed by atoms with Crippen molar-refractivity contribution in [2.75, 3.05) is 13.1 Å². The maximum absolute atomic E-state index is 12.9. The van der Waals surface area contributed by atoms with Gasteiger partial charge in [-0.2, -0.15) is 4.31 Å². The van der Waals surface area contributed by atoms with Gasteiger partial charge in [-0.25, -0.2) is 8.42 Å². The molecule has 0 radical (unpaired) electrons. The molecule has 26 heavy (non-hydrogen) atoms. The molecule has 144 valence electrons. The maximum Gasteiger partial charge on any atom is 0.303 e.